The van der Waals surface area contributed by atoms with Crippen LogP contribution in [0.1, 0.15) is 12.0 Å². The maximum atomic E-state index is 12.2. The van der Waals surface area contributed by atoms with E-state index in [-0.39, 0.29) is 18.9 Å². The molecule has 0 radical (unpaired) electrons. The fraction of sp³-hybridized carbons (Fsp3) is 0.250. The number of hydrogen-bond acceptors (Lipinski definition) is 4. The van der Waals surface area contributed by atoms with Gasteiger partial charge in [0.15, 0.2) is 6.61 Å². The average Bonchev–Trinajstić information content (AvgIpc) is 3.02. The Hall–Kier alpha value is -3.15. The van der Waals surface area contributed by atoms with Gasteiger partial charge in [0, 0.05) is 25.2 Å². The zero-order chi connectivity index (χ0) is 18.4. The first-order chi connectivity index (χ1) is 12.6. The summed E-state index contributed by atoms with van der Waals surface area (Å²) in [5.41, 5.74) is 1.65. The Kier molecular flexibility index (Phi) is 5.63. The van der Waals surface area contributed by atoms with Crippen LogP contribution < -0.4 is 5.32 Å². The molecule has 1 atom stereocenters. The number of benzene rings is 2. The first kappa shape index (κ1) is 17.7. The fourth-order valence-corrected chi connectivity index (χ4v) is 2.86. The van der Waals surface area contributed by atoms with Crippen molar-refractivity contribution in [3.05, 3.63) is 66.2 Å². The van der Waals surface area contributed by atoms with E-state index >= 15 is 0 Å². The lowest BCUT2D eigenvalue weighted by molar-refractivity contribution is -0.151. The number of carbonyl (C=O) groups excluding carboxylic acids is 3. The highest BCUT2D eigenvalue weighted by Gasteiger charge is 2.35. The molecule has 0 saturated carbocycles. The Morgan fingerprint density at radius 2 is 1.69 bits per heavy atom. The van der Waals surface area contributed by atoms with E-state index in [1.54, 1.807) is 29.2 Å². The van der Waals surface area contributed by atoms with E-state index in [2.05, 4.69) is 5.32 Å². The lowest BCUT2D eigenvalue weighted by Crippen LogP contribution is -2.28. The number of esters is 1. The third-order valence-electron chi connectivity index (χ3n) is 4.17. The summed E-state index contributed by atoms with van der Waals surface area (Å²) in [4.78, 5) is 37.8. The van der Waals surface area contributed by atoms with Crippen LogP contribution in [0.5, 0.6) is 0 Å². The average molecular weight is 352 g/mol. The number of hydrogen-bond donors (Lipinski definition) is 1. The lowest BCUT2D eigenvalue weighted by atomic mass is 10.1. The Balaban J connectivity index is 1.46. The van der Waals surface area contributed by atoms with Crippen LogP contribution in [0.2, 0.25) is 0 Å². The zero-order valence-corrected chi connectivity index (χ0v) is 14.3. The number of nitrogens with one attached hydrogen (secondary N) is 1. The summed E-state index contributed by atoms with van der Waals surface area (Å²) in [6, 6.07) is 18.5. The molecule has 0 aliphatic carbocycles. The van der Waals surface area contributed by atoms with Gasteiger partial charge in [-0.1, -0.05) is 48.5 Å². The van der Waals surface area contributed by atoms with E-state index in [4.69, 9.17) is 4.74 Å². The van der Waals surface area contributed by atoms with Crippen LogP contribution in [0.25, 0.3) is 0 Å². The van der Waals surface area contributed by atoms with E-state index in [1.165, 1.54) is 0 Å². The van der Waals surface area contributed by atoms with Gasteiger partial charge in [-0.25, -0.2) is 0 Å². The predicted molar refractivity (Wildman–Crippen MR) is 96.0 cm³/mol. The Bertz CT molecular complexity index is 777. The van der Waals surface area contributed by atoms with Crippen molar-refractivity contribution in [2.45, 2.75) is 13.0 Å². The second-order valence-electron chi connectivity index (χ2n) is 6.18. The minimum Gasteiger partial charge on any atom is -0.455 e. The largest absolute Gasteiger partial charge is 0.455 e. The first-order valence-electron chi connectivity index (χ1n) is 8.45. The summed E-state index contributed by atoms with van der Waals surface area (Å²) >= 11 is 0. The number of likely N-dealkylation sites (tertiary alicyclic amines) is 1. The summed E-state index contributed by atoms with van der Waals surface area (Å²) in [5.74, 6) is -1.53. The number of para-hydroxylation sites is 1. The summed E-state index contributed by atoms with van der Waals surface area (Å²) < 4.78 is 5.08. The van der Waals surface area contributed by atoms with E-state index < -0.39 is 17.8 Å². The van der Waals surface area contributed by atoms with Gasteiger partial charge in [0.25, 0.3) is 5.91 Å². The molecule has 1 aliphatic heterocycles. The number of rotatable bonds is 6. The smallest absolute Gasteiger partial charge is 0.311 e. The number of ether oxygens (including phenoxy) is 1. The summed E-state index contributed by atoms with van der Waals surface area (Å²) in [5, 5.41) is 2.64. The number of amides is 2. The van der Waals surface area contributed by atoms with Crippen LogP contribution in [0.3, 0.4) is 0 Å². The molecule has 3 rings (SSSR count). The molecule has 6 heteroatoms. The number of carbonyl (C=O) groups is 3. The molecule has 6 nitrogen and oxygen atoms in total. The molecule has 1 N–H and O–H groups in total. The second-order valence-corrected chi connectivity index (χ2v) is 6.18. The van der Waals surface area contributed by atoms with Crippen LogP contribution in [-0.4, -0.2) is 35.8 Å². The van der Waals surface area contributed by atoms with Crippen molar-refractivity contribution in [3.8, 4) is 0 Å². The van der Waals surface area contributed by atoms with Gasteiger partial charge in [-0.2, -0.15) is 0 Å². The number of nitrogens with zero attached hydrogens (tertiary/aromatic N) is 1. The van der Waals surface area contributed by atoms with Gasteiger partial charge in [0.1, 0.15) is 0 Å². The highest BCUT2D eigenvalue weighted by atomic mass is 16.5. The molecular formula is C20H20N2O4. The molecule has 134 valence electrons. The SMILES string of the molecule is O=C(COC(=O)C1CC(=O)N(Cc2ccccc2)C1)Nc1ccccc1. The molecule has 26 heavy (non-hydrogen) atoms. The van der Waals surface area contributed by atoms with Crippen LogP contribution in [0, 0.1) is 5.92 Å². The van der Waals surface area contributed by atoms with Crippen molar-refractivity contribution in [1.82, 2.24) is 4.90 Å². The molecule has 0 bridgehead atoms. The van der Waals surface area contributed by atoms with Crippen LogP contribution >= 0.6 is 0 Å². The van der Waals surface area contributed by atoms with Gasteiger partial charge in [-0.05, 0) is 17.7 Å². The quantitative estimate of drug-likeness (QED) is 0.809. The van der Waals surface area contributed by atoms with Crippen molar-refractivity contribution in [1.29, 1.82) is 0 Å². The normalized spacial score (nSPS) is 16.4. The van der Waals surface area contributed by atoms with E-state index in [9.17, 15) is 14.4 Å². The highest BCUT2D eigenvalue weighted by molar-refractivity contribution is 5.93. The van der Waals surface area contributed by atoms with Crippen LogP contribution in [0.15, 0.2) is 60.7 Å². The third kappa shape index (κ3) is 4.69. The summed E-state index contributed by atoms with van der Waals surface area (Å²) in [6.45, 7) is 0.419. The molecule has 1 aliphatic rings. The second kappa shape index (κ2) is 8.29. The molecule has 1 unspecified atom stereocenters. The van der Waals surface area contributed by atoms with E-state index in [0.29, 0.717) is 18.8 Å². The van der Waals surface area contributed by atoms with Gasteiger partial charge in [0.05, 0.1) is 5.92 Å². The van der Waals surface area contributed by atoms with Crippen molar-refractivity contribution in [2.24, 2.45) is 5.92 Å². The summed E-state index contributed by atoms with van der Waals surface area (Å²) in [6.07, 6.45) is 0.117. The predicted octanol–water partition coefficient (Wildman–Crippen LogP) is 2.22. The minimum atomic E-state index is -0.532. The fourth-order valence-electron chi connectivity index (χ4n) is 2.86. The first-order valence-corrected chi connectivity index (χ1v) is 8.45. The van der Waals surface area contributed by atoms with Crippen LogP contribution in [-0.2, 0) is 25.7 Å². The maximum absolute atomic E-state index is 12.2. The topological polar surface area (TPSA) is 75.7 Å². The van der Waals surface area contributed by atoms with Crippen LogP contribution in [0.4, 0.5) is 5.69 Å². The minimum absolute atomic E-state index is 0.0791. The summed E-state index contributed by atoms with van der Waals surface area (Å²) in [7, 11) is 0. The highest BCUT2D eigenvalue weighted by Crippen LogP contribution is 2.21. The molecule has 0 spiro atoms. The van der Waals surface area contributed by atoms with Gasteiger partial charge in [-0.15, -0.1) is 0 Å². The standard InChI is InChI=1S/C20H20N2O4/c23-18(21-17-9-5-2-6-10-17)14-26-20(25)16-11-19(24)22(13-16)12-15-7-3-1-4-8-15/h1-10,16H,11-14H2,(H,21,23). The van der Waals surface area contributed by atoms with Crippen molar-refractivity contribution in [3.63, 3.8) is 0 Å². The Labute approximate surface area is 151 Å². The molecule has 1 fully saturated rings. The third-order valence-corrected chi connectivity index (χ3v) is 4.17. The monoisotopic (exact) mass is 352 g/mol. The molecule has 2 amide bonds. The Morgan fingerprint density at radius 3 is 2.38 bits per heavy atom. The van der Waals surface area contributed by atoms with Crippen molar-refractivity contribution >= 4 is 23.5 Å². The maximum Gasteiger partial charge on any atom is 0.311 e. The molecular weight excluding hydrogens is 332 g/mol. The zero-order valence-electron chi connectivity index (χ0n) is 14.3. The van der Waals surface area contributed by atoms with Crippen molar-refractivity contribution in [2.75, 3.05) is 18.5 Å². The Morgan fingerprint density at radius 1 is 1.04 bits per heavy atom. The number of anilines is 1. The van der Waals surface area contributed by atoms with E-state index in [0.717, 1.165) is 5.56 Å². The lowest BCUT2D eigenvalue weighted by Gasteiger charge is -2.16. The molecule has 1 heterocycles. The van der Waals surface area contributed by atoms with Crippen molar-refractivity contribution < 1.29 is 19.1 Å². The molecule has 0 aromatic heterocycles. The molecule has 1 saturated heterocycles. The van der Waals surface area contributed by atoms with E-state index in [1.807, 2.05) is 36.4 Å². The molecule has 2 aromatic rings. The van der Waals surface area contributed by atoms with Gasteiger partial charge in [-0.3, -0.25) is 14.4 Å². The molecule has 2 aromatic carbocycles. The van der Waals surface area contributed by atoms with Gasteiger partial charge >= 0.3 is 5.97 Å². The van der Waals surface area contributed by atoms with Gasteiger partial charge in [0.2, 0.25) is 5.91 Å². The van der Waals surface area contributed by atoms with Gasteiger partial charge < -0.3 is 15.0 Å².